The van der Waals surface area contributed by atoms with E-state index in [1.165, 1.54) is 12.1 Å². The Morgan fingerprint density at radius 3 is 2.14 bits per heavy atom. The molecule has 1 aromatic heterocycles. The van der Waals surface area contributed by atoms with Crippen LogP contribution in [0.2, 0.25) is 0 Å². The molecule has 29 heavy (non-hydrogen) atoms. The summed E-state index contributed by atoms with van der Waals surface area (Å²) in [6.45, 7) is 1.81. The topological polar surface area (TPSA) is 113 Å². The van der Waals surface area contributed by atoms with E-state index in [0.717, 1.165) is 16.9 Å². The van der Waals surface area contributed by atoms with Crippen LogP contribution < -0.4 is 16.0 Å². The minimum absolute atomic E-state index is 0.0768. The van der Waals surface area contributed by atoms with Gasteiger partial charge < -0.3 is 16.0 Å². The molecule has 3 N–H and O–H groups in total. The van der Waals surface area contributed by atoms with Crippen molar-refractivity contribution >= 4 is 39.7 Å². The lowest BCUT2D eigenvalue weighted by Gasteiger charge is -2.14. The Balaban J connectivity index is 1.56. The quantitative estimate of drug-likeness (QED) is 0.400. The third-order valence-electron chi connectivity index (χ3n) is 4.04. The minimum Gasteiger partial charge on any atom is -0.345 e. The largest absolute Gasteiger partial charge is 0.345 e. The average Bonchev–Trinajstić information content (AvgIpc) is 3.20. The van der Waals surface area contributed by atoms with E-state index in [-0.39, 0.29) is 27.9 Å². The molecule has 0 saturated heterocycles. The number of carbonyl (C=O) groups excluding carboxylic acids is 2. The van der Waals surface area contributed by atoms with E-state index in [9.17, 15) is 19.7 Å². The zero-order valence-electron chi connectivity index (χ0n) is 15.4. The summed E-state index contributed by atoms with van der Waals surface area (Å²) in [5.74, 6) is -0.375. The van der Waals surface area contributed by atoms with E-state index in [1.807, 2.05) is 25.1 Å². The zero-order valence-corrected chi connectivity index (χ0v) is 16.2. The predicted molar refractivity (Wildman–Crippen MR) is 112 cm³/mol. The first-order valence-electron chi connectivity index (χ1n) is 8.70. The number of hydrogen-bond acceptors (Lipinski definition) is 5. The van der Waals surface area contributed by atoms with Crippen LogP contribution in [-0.4, -0.2) is 16.9 Å². The van der Waals surface area contributed by atoms with Gasteiger partial charge >= 0.3 is 11.0 Å². The fourth-order valence-electron chi connectivity index (χ4n) is 2.57. The molecule has 0 aliphatic rings. The van der Waals surface area contributed by atoms with Crippen molar-refractivity contribution in [3.8, 4) is 0 Å². The van der Waals surface area contributed by atoms with Gasteiger partial charge in [-0.3, -0.25) is 14.9 Å². The summed E-state index contributed by atoms with van der Waals surface area (Å²) in [6, 6.07) is 18.2. The second-order valence-electron chi connectivity index (χ2n) is 6.16. The van der Waals surface area contributed by atoms with Gasteiger partial charge in [0.25, 0.3) is 5.91 Å². The van der Waals surface area contributed by atoms with Crippen LogP contribution in [0.25, 0.3) is 0 Å². The number of carbonyl (C=O) groups is 2. The van der Waals surface area contributed by atoms with Gasteiger partial charge in [0.1, 0.15) is 0 Å². The molecular formula is C20H18N4O4S. The molecule has 0 aliphatic carbocycles. The highest BCUT2D eigenvalue weighted by Gasteiger charge is 2.17. The Bertz CT molecular complexity index is 1020. The molecule has 0 bridgehead atoms. The van der Waals surface area contributed by atoms with Gasteiger partial charge in [0, 0.05) is 17.4 Å². The first-order valence-corrected chi connectivity index (χ1v) is 9.52. The highest BCUT2D eigenvalue weighted by molar-refractivity contribution is 7.17. The van der Waals surface area contributed by atoms with Gasteiger partial charge in [-0.15, -0.1) is 0 Å². The summed E-state index contributed by atoms with van der Waals surface area (Å²) in [4.78, 5) is 34.8. The van der Waals surface area contributed by atoms with E-state index in [1.54, 1.807) is 36.4 Å². The summed E-state index contributed by atoms with van der Waals surface area (Å²) >= 11 is 0.831. The van der Waals surface area contributed by atoms with E-state index in [0.29, 0.717) is 11.4 Å². The maximum absolute atomic E-state index is 12.3. The van der Waals surface area contributed by atoms with Crippen molar-refractivity contribution in [3.05, 3.63) is 87.3 Å². The molecule has 1 unspecified atom stereocenters. The van der Waals surface area contributed by atoms with Crippen LogP contribution in [0.3, 0.4) is 0 Å². The third kappa shape index (κ3) is 5.39. The number of thiophene rings is 1. The predicted octanol–water partition coefficient (Wildman–Crippen LogP) is 4.79. The Kier molecular flexibility index (Phi) is 6.20. The van der Waals surface area contributed by atoms with E-state index < -0.39 is 4.92 Å². The van der Waals surface area contributed by atoms with Crippen LogP contribution >= 0.6 is 11.3 Å². The molecular weight excluding hydrogens is 392 g/mol. The van der Waals surface area contributed by atoms with Crippen molar-refractivity contribution in [2.45, 2.75) is 13.0 Å². The van der Waals surface area contributed by atoms with Crippen molar-refractivity contribution in [2.75, 3.05) is 10.6 Å². The number of nitro groups is 1. The molecule has 0 saturated carbocycles. The normalized spacial score (nSPS) is 11.3. The SMILES string of the molecule is CC(NC(=O)c1ccc([N+](=O)[O-])s1)c1ccc(NC(=O)Nc2ccccc2)cc1. The van der Waals surface area contributed by atoms with Crippen molar-refractivity contribution in [1.29, 1.82) is 0 Å². The zero-order chi connectivity index (χ0) is 20.8. The number of amides is 3. The van der Waals surface area contributed by atoms with Gasteiger partial charge in [-0.1, -0.05) is 41.7 Å². The molecule has 0 fully saturated rings. The molecule has 2 aromatic carbocycles. The third-order valence-corrected chi connectivity index (χ3v) is 5.08. The smallest absolute Gasteiger partial charge is 0.324 e. The number of benzene rings is 2. The number of nitrogens with zero attached hydrogens (tertiary/aromatic N) is 1. The summed E-state index contributed by atoms with van der Waals surface area (Å²) < 4.78 is 0. The molecule has 3 aromatic rings. The molecule has 0 aliphatic heterocycles. The van der Waals surface area contributed by atoms with Crippen molar-refractivity contribution in [1.82, 2.24) is 5.32 Å². The van der Waals surface area contributed by atoms with Crippen molar-refractivity contribution in [2.24, 2.45) is 0 Å². The van der Waals surface area contributed by atoms with Gasteiger partial charge in [0.05, 0.1) is 15.8 Å². The van der Waals surface area contributed by atoms with Crippen molar-refractivity contribution in [3.63, 3.8) is 0 Å². The second kappa shape index (κ2) is 8.98. The summed E-state index contributed by atoms with van der Waals surface area (Å²) in [5, 5.41) is 18.9. The fraction of sp³-hybridized carbons (Fsp3) is 0.100. The van der Waals surface area contributed by atoms with E-state index >= 15 is 0 Å². The maximum Gasteiger partial charge on any atom is 0.324 e. The Labute approximate surface area is 170 Å². The lowest BCUT2D eigenvalue weighted by molar-refractivity contribution is -0.380. The lowest BCUT2D eigenvalue weighted by atomic mass is 10.1. The Morgan fingerprint density at radius 1 is 0.931 bits per heavy atom. The van der Waals surface area contributed by atoms with Gasteiger partial charge in [-0.2, -0.15) is 0 Å². The molecule has 0 radical (unpaired) electrons. The molecule has 0 spiro atoms. The molecule has 1 heterocycles. The number of rotatable bonds is 6. The Hall–Kier alpha value is -3.72. The molecule has 9 heteroatoms. The van der Waals surface area contributed by atoms with Crippen LogP contribution in [0.15, 0.2) is 66.7 Å². The van der Waals surface area contributed by atoms with Crippen LogP contribution in [-0.2, 0) is 0 Å². The summed E-state index contributed by atoms with van der Waals surface area (Å²) in [5.41, 5.74) is 2.12. The number of para-hydroxylation sites is 1. The van der Waals surface area contributed by atoms with Gasteiger partial charge in [0.15, 0.2) is 0 Å². The van der Waals surface area contributed by atoms with Crippen LogP contribution in [0, 0.1) is 10.1 Å². The minimum atomic E-state index is -0.523. The van der Waals surface area contributed by atoms with Gasteiger partial charge in [-0.05, 0) is 42.8 Å². The number of urea groups is 1. The number of anilines is 2. The Morgan fingerprint density at radius 2 is 1.55 bits per heavy atom. The highest BCUT2D eigenvalue weighted by Crippen LogP contribution is 2.25. The van der Waals surface area contributed by atoms with E-state index in [2.05, 4.69) is 16.0 Å². The lowest BCUT2D eigenvalue weighted by Crippen LogP contribution is -2.25. The highest BCUT2D eigenvalue weighted by atomic mass is 32.1. The maximum atomic E-state index is 12.3. The number of nitrogens with one attached hydrogen (secondary N) is 3. The number of hydrogen-bond donors (Lipinski definition) is 3. The monoisotopic (exact) mass is 410 g/mol. The molecule has 3 amide bonds. The second-order valence-corrected chi connectivity index (χ2v) is 7.22. The summed E-state index contributed by atoms with van der Waals surface area (Å²) in [6.07, 6.45) is 0. The molecule has 148 valence electrons. The van der Waals surface area contributed by atoms with Gasteiger partial charge in [-0.25, -0.2) is 4.79 Å². The fourth-order valence-corrected chi connectivity index (χ4v) is 3.29. The average molecular weight is 410 g/mol. The van der Waals surface area contributed by atoms with Crippen LogP contribution in [0.1, 0.15) is 28.2 Å². The molecule has 3 rings (SSSR count). The van der Waals surface area contributed by atoms with Gasteiger partial charge in [0.2, 0.25) is 0 Å². The standard InChI is InChI=1S/C20H18N4O4S/c1-13(21-19(25)17-11-12-18(29-17)24(27)28)14-7-9-16(10-8-14)23-20(26)22-15-5-3-2-4-6-15/h2-13H,1H3,(H,21,25)(H2,22,23,26). The van der Waals surface area contributed by atoms with Crippen LogP contribution in [0.4, 0.5) is 21.2 Å². The molecule has 8 nitrogen and oxygen atoms in total. The first kappa shape index (κ1) is 20.0. The molecule has 1 atom stereocenters. The summed E-state index contributed by atoms with van der Waals surface area (Å²) in [7, 11) is 0. The van der Waals surface area contributed by atoms with Crippen LogP contribution in [0.5, 0.6) is 0 Å². The first-order chi connectivity index (χ1) is 13.9. The van der Waals surface area contributed by atoms with E-state index in [4.69, 9.17) is 0 Å². The van der Waals surface area contributed by atoms with Crippen molar-refractivity contribution < 1.29 is 14.5 Å².